The van der Waals surface area contributed by atoms with Gasteiger partial charge in [-0.15, -0.1) is 0 Å². The summed E-state index contributed by atoms with van der Waals surface area (Å²) in [6.07, 6.45) is 3.52. The molecule has 1 aromatic heterocycles. The highest BCUT2D eigenvalue weighted by molar-refractivity contribution is 6.15. The monoisotopic (exact) mass is 229 g/mol. The Morgan fingerprint density at radius 1 is 1.29 bits per heavy atom. The third-order valence-corrected chi connectivity index (χ3v) is 2.56. The Bertz CT molecular complexity index is 623. The number of carboxylic acids is 1. The number of ketones is 1. The zero-order chi connectivity index (χ0) is 12.4. The average Bonchev–Trinajstić information content (AvgIpc) is 2.71. The van der Waals surface area contributed by atoms with E-state index in [1.54, 1.807) is 6.20 Å². The van der Waals surface area contributed by atoms with Crippen molar-refractivity contribution in [1.29, 1.82) is 0 Å². The van der Waals surface area contributed by atoms with Crippen molar-refractivity contribution in [2.75, 3.05) is 0 Å². The van der Waals surface area contributed by atoms with Gasteiger partial charge in [-0.25, -0.2) is 4.79 Å². The van der Waals surface area contributed by atoms with E-state index < -0.39 is 5.97 Å². The van der Waals surface area contributed by atoms with Gasteiger partial charge in [-0.3, -0.25) is 4.79 Å². The molecule has 2 aromatic rings. The van der Waals surface area contributed by atoms with Gasteiger partial charge in [0.05, 0.1) is 0 Å². The number of benzene rings is 1. The molecule has 86 valence electrons. The first-order chi connectivity index (χ1) is 8.09. The molecule has 0 amide bonds. The van der Waals surface area contributed by atoms with Crippen LogP contribution in [0.5, 0.6) is 0 Å². The van der Waals surface area contributed by atoms with Gasteiger partial charge in [-0.05, 0) is 24.6 Å². The van der Waals surface area contributed by atoms with Crippen molar-refractivity contribution < 1.29 is 14.7 Å². The van der Waals surface area contributed by atoms with Crippen LogP contribution >= 0.6 is 0 Å². The molecule has 1 aromatic carbocycles. The standard InChI is InChI=1S/C13H11NO3/c1-8-3-2-4-10-13(8)9(7-14-10)11(15)5-6-12(16)17/h2-7,14H,1H3,(H,16,17). The van der Waals surface area contributed by atoms with Gasteiger partial charge in [0.2, 0.25) is 0 Å². The van der Waals surface area contributed by atoms with Crippen molar-refractivity contribution in [2.45, 2.75) is 6.92 Å². The van der Waals surface area contributed by atoms with Gasteiger partial charge in [0, 0.05) is 28.7 Å². The molecule has 0 aliphatic heterocycles. The van der Waals surface area contributed by atoms with E-state index in [0.29, 0.717) is 5.56 Å². The zero-order valence-corrected chi connectivity index (χ0v) is 9.23. The number of allylic oxidation sites excluding steroid dienone is 1. The van der Waals surface area contributed by atoms with Crippen molar-refractivity contribution in [1.82, 2.24) is 4.98 Å². The van der Waals surface area contributed by atoms with Crippen molar-refractivity contribution >= 4 is 22.7 Å². The van der Waals surface area contributed by atoms with Crippen LogP contribution < -0.4 is 0 Å². The van der Waals surface area contributed by atoms with Crippen molar-refractivity contribution in [3.05, 3.63) is 47.7 Å². The minimum Gasteiger partial charge on any atom is -0.478 e. The number of aromatic nitrogens is 1. The topological polar surface area (TPSA) is 70.2 Å². The molecule has 0 saturated carbocycles. The Morgan fingerprint density at radius 2 is 2.06 bits per heavy atom. The number of hydrogen-bond acceptors (Lipinski definition) is 2. The number of aromatic amines is 1. The van der Waals surface area contributed by atoms with Gasteiger partial charge in [0.25, 0.3) is 0 Å². The predicted molar refractivity (Wildman–Crippen MR) is 64.1 cm³/mol. The third-order valence-electron chi connectivity index (χ3n) is 2.56. The number of aliphatic carboxylic acids is 1. The number of carboxylic acid groups (broad SMARTS) is 1. The van der Waals surface area contributed by atoms with E-state index in [2.05, 4.69) is 4.98 Å². The summed E-state index contributed by atoms with van der Waals surface area (Å²) < 4.78 is 0. The molecule has 0 fully saturated rings. The van der Waals surface area contributed by atoms with Crippen LogP contribution in [0.2, 0.25) is 0 Å². The molecular formula is C13H11NO3. The van der Waals surface area contributed by atoms with E-state index in [1.165, 1.54) is 0 Å². The van der Waals surface area contributed by atoms with E-state index in [9.17, 15) is 9.59 Å². The summed E-state index contributed by atoms with van der Waals surface area (Å²) in [7, 11) is 0. The lowest BCUT2D eigenvalue weighted by atomic mass is 10.0. The second-order valence-corrected chi connectivity index (χ2v) is 3.74. The van der Waals surface area contributed by atoms with Gasteiger partial charge in [-0.1, -0.05) is 12.1 Å². The summed E-state index contributed by atoms with van der Waals surface area (Å²) in [4.78, 5) is 25.2. The number of fused-ring (bicyclic) bond motifs is 1. The van der Waals surface area contributed by atoms with Crippen LogP contribution in [0.4, 0.5) is 0 Å². The Hall–Kier alpha value is -2.36. The van der Waals surface area contributed by atoms with Gasteiger partial charge in [0.15, 0.2) is 5.78 Å². The lowest BCUT2D eigenvalue weighted by Crippen LogP contribution is -1.96. The lowest BCUT2D eigenvalue weighted by Gasteiger charge is -1.98. The Morgan fingerprint density at radius 3 is 2.76 bits per heavy atom. The maximum Gasteiger partial charge on any atom is 0.328 e. The number of rotatable bonds is 3. The van der Waals surface area contributed by atoms with Gasteiger partial charge >= 0.3 is 5.97 Å². The number of nitrogens with one attached hydrogen (secondary N) is 1. The van der Waals surface area contributed by atoms with Crippen LogP contribution in [0.25, 0.3) is 10.9 Å². The molecule has 0 unspecified atom stereocenters. The van der Waals surface area contributed by atoms with E-state index in [0.717, 1.165) is 28.6 Å². The molecule has 4 heteroatoms. The van der Waals surface area contributed by atoms with E-state index >= 15 is 0 Å². The molecule has 0 spiro atoms. The second kappa shape index (κ2) is 4.25. The first kappa shape index (κ1) is 11.1. The largest absolute Gasteiger partial charge is 0.478 e. The van der Waals surface area contributed by atoms with E-state index in [-0.39, 0.29) is 5.78 Å². The zero-order valence-electron chi connectivity index (χ0n) is 9.23. The molecular weight excluding hydrogens is 218 g/mol. The Labute approximate surface area is 97.6 Å². The minimum atomic E-state index is -1.13. The second-order valence-electron chi connectivity index (χ2n) is 3.74. The third kappa shape index (κ3) is 2.10. The summed E-state index contributed by atoms with van der Waals surface area (Å²) in [5, 5.41) is 9.32. The summed E-state index contributed by atoms with van der Waals surface area (Å²) in [6, 6.07) is 5.68. The highest BCUT2D eigenvalue weighted by Crippen LogP contribution is 2.22. The van der Waals surface area contributed by atoms with Crippen molar-refractivity contribution in [2.24, 2.45) is 0 Å². The number of hydrogen-bond donors (Lipinski definition) is 2. The number of carbonyl (C=O) groups excluding carboxylic acids is 1. The molecule has 0 saturated heterocycles. The number of H-pyrrole nitrogens is 1. The minimum absolute atomic E-state index is 0.312. The molecule has 17 heavy (non-hydrogen) atoms. The SMILES string of the molecule is Cc1cccc2[nH]cc(C(=O)C=CC(=O)O)c12. The fourth-order valence-electron chi connectivity index (χ4n) is 1.80. The molecule has 2 N–H and O–H groups in total. The molecule has 2 rings (SSSR count). The number of carbonyl (C=O) groups is 2. The Balaban J connectivity index is 2.49. The summed E-state index contributed by atoms with van der Waals surface area (Å²) in [5.41, 5.74) is 2.35. The van der Waals surface area contributed by atoms with Crippen LogP contribution in [0, 0.1) is 6.92 Å². The molecule has 1 heterocycles. The fourth-order valence-corrected chi connectivity index (χ4v) is 1.80. The smallest absolute Gasteiger partial charge is 0.328 e. The molecule has 0 aliphatic carbocycles. The van der Waals surface area contributed by atoms with Crippen LogP contribution in [0.1, 0.15) is 15.9 Å². The molecule has 0 atom stereocenters. The maximum absolute atomic E-state index is 11.8. The molecule has 0 radical (unpaired) electrons. The highest BCUT2D eigenvalue weighted by Gasteiger charge is 2.11. The average molecular weight is 229 g/mol. The van der Waals surface area contributed by atoms with E-state index in [1.807, 2.05) is 25.1 Å². The first-order valence-corrected chi connectivity index (χ1v) is 5.11. The van der Waals surface area contributed by atoms with Gasteiger partial charge < -0.3 is 10.1 Å². The van der Waals surface area contributed by atoms with Gasteiger partial charge in [0.1, 0.15) is 0 Å². The maximum atomic E-state index is 11.8. The summed E-state index contributed by atoms with van der Waals surface area (Å²) in [5.74, 6) is -1.44. The highest BCUT2D eigenvalue weighted by atomic mass is 16.4. The summed E-state index contributed by atoms with van der Waals surface area (Å²) >= 11 is 0. The van der Waals surface area contributed by atoms with Crippen LogP contribution in [0.3, 0.4) is 0 Å². The first-order valence-electron chi connectivity index (χ1n) is 5.11. The number of aryl methyl sites for hydroxylation is 1. The lowest BCUT2D eigenvalue weighted by molar-refractivity contribution is -0.131. The van der Waals surface area contributed by atoms with Crippen molar-refractivity contribution in [3.8, 4) is 0 Å². The predicted octanol–water partition coefficient (Wildman–Crippen LogP) is 2.30. The Kier molecular flexibility index (Phi) is 2.78. The molecule has 0 bridgehead atoms. The van der Waals surface area contributed by atoms with Gasteiger partial charge in [-0.2, -0.15) is 0 Å². The van der Waals surface area contributed by atoms with Crippen LogP contribution in [-0.4, -0.2) is 21.8 Å². The molecule has 0 aliphatic rings. The van der Waals surface area contributed by atoms with Crippen LogP contribution in [0.15, 0.2) is 36.5 Å². The van der Waals surface area contributed by atoms with Crippen LogP contribution in [-0.2, 0) is 4.79 Å². The van der Waals surface area contributed by atoms with Crippen molar-refractivity contribution in [3.63, 3.8) is 0 Å². The summed E-state index contributed by atoms with van der Waals surface area (Å²) in [6.45, 7) is 1.91. The fraction of sp³-hybridized carbons (Fsp3) is 0.0769. The normalized spacial score (nSPS) is 11.1. The quantitative estimate of drug-likeness (QED) is 0.626. The van der Waals surface area contributed by atoms with E-state index in [4.69, 9.17) is 5.11 Å². The molecule has 4 nitrogen and oxygen atoms in total.